The summed E-state index contributed by atoms with van der Waals surface area (Å²) in [4.78, 5) is 23.2. The van der Waals surface area contributed by atoms with Crippen LogP contribution in [0.3, 0.4) is 0 Å². The van der Waals surface area contributed by atoms with Gasteiger partial charge in [0.25, 0.3) is 0 Å². The molecule has 86 valence electrons. The maximum Gasteiger partial charge on any atom is 0.338 e. The van der Waals surface area contributed by atoms with Gasteiger partial charge in [-0.15, -0.1) is 11.6 Å². The molecule has 0 saturated heterocycles. The van der Waals surface area contributed by atoms with Crippen molar-refractivity contribution in [1.29, 1.82) is 0 Å². The van der Waals surface area contributed by atoms with Gasteiger partial charge in [-0.25, -0.2) is 4.79 Å². The van der Waals surface area contributed by atoms with Gasteiger partial charge < -0.3 is 4.74 Å². The van der Waals surface area contributed by atoms with Crippen molar-refractivity contribution >= 4 is 39.3 Å². The summed E-state index contributed by atoms with van der Waals surface area (Å²) in [6.45, 7) is 0. The van der Waals surface area contributed by atoms with Crippen LogP contribution in [0.5, 0.6) is 0 Å². The highest BCUT2D eigenvalue weighted by atomic mass is 79.9. The van der Waals surface area contributed by atoms with Gasteiger partial charge in [0.15, 0.2) is 5.78 Å². The van der Waals surface area contributed by atoms with Crippen LogP contribution < -0.4 is 0 Å². The van der Waals surface area contributed by atoms with Crippen molar-refractivity contribution in [3.05, 3.63) is 33.8 Å². The molecule has 0 aromatic heterocycles. The van der Waals surface area contributed by atoms with Crippen molar-refractivity contribution in [1.82, 2.24) is 0 Å². The van der Waals surface area contributed by atoms with E-state index in [4.69, 9.17) is 11.6 Å². The predicted octanol–water partition coefficient (Wildman–Crippen LogP) is 3.05. The summed E-state index contributed by atoms with van der Waals surface area (Å²) >= 11 is 8.75. The molecule has 0 aliphatic rings. The number of esters is 1. The number of halogens is 2. The highest BCUT2D eigenvalue weighted by molar-refractivity contribution is 9.10. The molecule has 0 aliphatic carbocycles. The van der Waals surface area contributed by atoms with Gasteiger partial charge >= 0.3 is 5.97 Å². The summed E-state index contributed by atoms with van der Waals surface area (Å²) < 4.78 is 5.34. The Balaban J connectivity index is 3.17. The molecule has 5 heteroatoms. The van der Waals surface area contributed by atoms with Gasteiger partial charge in [0.05, 0.1) is 12.7 Å². The number of ketones is 1. The Morgan fingerprint density at radius 3 is 2.62 bits per heavy atom. The number of methoxy groups -OCH3 is 1. The normalized spacial score (nSPS) is 9.94. The molecule has 3 nitrogen and oxygen atoms in total. The van der Waals surface area contributed by atoms with E-state index in [2.05, 4.69) is 20.7 Å². The maximum atomic E-state index is 11.7. The van der Waals surface area contributed by atoms with Gasteiger partial charge in [-0.05, 0) is 18.2 Å². The quantitative estimate of drug-likeness (QED) is 0.488. The first-order chi connectivity index (χ1) is 7.60. The zero-order valence-corrected chi connectivity index (χ0v) is 11.0. The minimum atomic E-state index is -0.523. The predicted molar refractivity (Wildman–Crippen MR) is 65.1 cm³/mol. The van der Waals surface area contributed by atoms with E-state index in [1.807, 2.05) is 0 Å². The third-order valence-electron chi connectivity index (χ3n) is 2.01. The first kappa shape index (κ1) is 13.2. The lowest BCUT2D eigenvalue weighted by atomic mass is 10.0. The first-order valence-electron chi connectivity index (χ1n) is 4.57. The molecule has 0 saturated carbocycles. The average molecular weight is 306 g/mol. The van der Waals surface area contributed by atoms with Gasteiger partial charge in [-0.1, -0.05) is 15.9 Å². The van der Waals surface area contributed by atoms with Crippen LogP contribution >= 0.6 is 27.5 Å². The van der Waals surface area contributed by atoms with Crippen LogP contribution in [0.1, 0.15) is 27.1 Å². The lowest BCUT2D eigenvalue weighted by Crippen LogP contribution is -2.10. The van der Waals surface area contributed by atoms with Crippen LogP contribution in [0.25, 0.3) is 0 Å². The van der Waals surface area contributed by atoms with Crippen molar-refractivity contribution in [2.75, 3.05) is 13.0 Å². The fourth-order valence-corrected chi connectivity index (χ4v) is 1.79. The largest absolute Gasteiger partial charge is 0.465 e. The third kappa shape index (κ3) is 3.06. The zero-order valence-electron chi connectivity index (χ0n) is 8.63. The highest BCUT2D eigenvalue weighted by Gasteiger charge is 2.17. The zero-order chi connectivity index (χ0) is 12.1. The number of hydrogen-bond acceptors (Lipinski definition) is 3. The van der Waals surface area contributed by atoms with E-state index in [9.17, 15) is 9.59 Å². The molecule has 16 heavy (non-hydrogen) atoms. The van der Waals surface area contributed by atoms with Crippen molar-refractivity contribution in [3.63, 3.8) is 0 Å². The molecule has 0 spiro atoms. The molecule has 0 unspecified atom stereocenters. The van der Waals surface area contributed by atoms with E-state index in [-0.39, 0.29) is 23.6 Å². The second-order valence-electron chi connectivity index (χ2n) is 3.04. The van der Waals surface area contributed by atoms with Gasteiger partial charge in [-0.2, -0.15) is 0 Å². The average Bonchev–Trinajstić information content (AvgIpc) is 2.28. The van der Waals surface area contributed by atoms with Crippen LogP contribution in [-0.2, 0) is 4.74 Å². The molecule has 0 fully saturated rings. The Hall–Kier alpha value is -0.870. The van der Waals surface area contributed by atoms with E-state index < -0.39 is 5.97 Å². The second kappa shape index (κ2) is 6.01. The van der Waals surface area contributed by atoms with Crippen molar-refractivity contribution in [2.24, 2.45) is 0 Å². The molecule has 0 aliphatic heterocycles. The summed E-state index contributed by atoms with van der Waals surface area (Å²) in [6.07, 6.45) is 0.196. The number of Topliss-reactive ketones (excluding diaryl/α,β-unsaturated/α-hetero) is 1. The molecule has 0 atom stereocenters. The van der Waals surface area contributed by atoms with Gasteiger partial charge in [0.1, 0.15) is 0 Å². The standard InChI is InChI=1S/C11H10BrClO3/c1-16-11(15)8-3-2-7(12)6-9(8)10(14)4-5-13/h2-3,6H,4-5H2,1H3. The van der Waals surface area contributed by atoms with E-state index in [0.717, 1.165) is 4.47 Å². The van der Waals surface area contributed by atoms with Crippen molar-refractivity contribution in [3.8, 4) is 0 Å². The third-order valence-corrected chi connectivity index (χ3v) is 2.69. The number of carbonyl (C=O) groups excluding carboxylic acids is 2. The van der Waals surface area contributed by atoms with Crippen molar-refractivity contribution < 1.29 is 14.3 Å². The summed E-state index contributed by atoms with van der Waals surface area (Å²) in [7, 11) is 1.28. The summed E-state index contributed by atoms with van der Waals surface area (Å²) in [5.41, 5.74) is 0.600. The van der Waals surface area contributed by atoms with Crippen LogP contribution in [0, 0.1) is 0 Å². The molecular weight excluding hydrogens is 295 g/mol. The number of ether oxygens (including phenoxy) is 1. The van der Waals surface area contributed by atoms with Crippen LogP contribution in [0.4, 0.5) is 0 Å². The number of carbonyl (C=O) groups is 2. The van der Waals surface area contributed by atoms with Crippen LogP contribution in [0.2, 0.25) is 0 Å². The number of rotatable bonds is 4. The number of hydrogen-bond donors (Lipinski definition) is 0. The molecule has 0 N–H and O–H groups in total. The van der Waals surface area contributed by atoms with Gasteiger partial charge in [-0.3, -0.25) is 4.79 Å². The van der Waals surface area contributed by atoms with Gasteiger partial charge in [0.2, 0.25) is 0 Å². The van der Waals surface area contributed by atoms with E-state index in [1.165, 1.54) is 7.11 Å². The molecule has 0 radical (unpaired) electrons. The molecule has 0 bridgehead atoms. The van der Waals surface area contributed by atoms with Crippen LogP contribution in [0.15, 0.2) is 22.7 Å². The Morgan fingerprint density at radius 1 is 1.38 bits per heavy atom. The summed E-state index contributed by atoms with van der Waals surface area (Å²) in [5, 5.41) is 0. The Kier molecular flexibility index (Phi) is 4.96. The summed E-state index contributed by atoms with van der Waals surface area (Å²) in [6, 6.07) is 4.84. The molecule has 0 heterocycles. The Labute approximate surface area is 107 Å². The van der Waals surface area contributed by atoms with Gasteiger partial charge in [0, 0.05) is 22.3 Å². The van der Waals surface area contributed by atoms with Crippen LogP contribution in [-0.4, -0.2) is 24.7 Å². The van der Waals surface area contributed by atoms with Crippen molar-refractivity contribution in [2.45, 2.75) is 6.42 Å². The smallest absolute Gasteiger partial charge is 0.338 e. The molecule has 1 rings (SSSR count). The lowest BCUT2D eigenvalue weighted by Gasteiger charge is -2.06. The fourth-order valence-electron chi connectivity index (χ4n) is 1.26. The highest BCUT2D eigenvalue weighted by Crippen LogP contribution is 2.19. The van der Waals surface area contributed by atoms with E-state index in [0.29, 0.717) is 5.56 Å². The maximum absolute atomic E-state index is 11.7. The SMILES string of the molecule is COC(=O)c1ccc(Br)cc1C(=O)CCCl. The Morgan fingerprint density at radius 2 is 2.06 bits per heavy atom. The minimum Gasteiger partial charge on any atom is -0.465 e. The molecule has 0 amide bonds. The fraction of sp³-hybridized carbons (Fsp3) is 0.273. The number of alkyl halides is 1. The van der Waals surface area contributed by atoms with E-state index >= 15 is 0 Å². The second-order valence-corrected chi connectivity index (χ2v) is 4.34. The lowest BCUT2D eigenvalue weighted by molar-refractivity contribution is 0.0597. The molecule has 1 aromatic carbocycles. The number of benzene rings is 1. The van der Waals surface area contributed by atoms with E-state index in [1.54, 1.807) is 18.2 Å². The topological polar surface area (TPSA) is 43.4 Å². The minimum absolute atomic E-state index is 0.170. The first-order valence-corrected chi connectivity index (χ1v) is 5.90. The summed E-state index contributed by atoms with van der Waals surface area (Å²) in [5.74, 6) is -0.464. The Bertz CT molecular complexity index is 418. The molecule has 1 aromatic rings. The molecular formula is C11H10BrClO3. The monoisotopic (exact) mass is 304 g/mol.